The minimum absolute atomic E-state index is 0.105. The predicted octanol–water partition coefficient (Wildman–Crippen LogP) is 3.74. The van der Waals surface area contributed by atoms with Gasteiger partial charge >= 0.3 is 0 Å². The highest BCUT2D eigenvalue weighted by Gasteiger charge is 2.25. The van der Waals surface area contributed by atoms with Crippen molar-refractivity contribution in [1.82, 2.24) is 0 Å². The van der Waals surface area contributed by atoms with Crippen molar-refractivity contribution in [2.45, 2.75) is 25.8 Å². The van der Waals surface area contributed by atoms with E-state index in [4.69, 9.17) is 0 Å². The summed E-state index contributed by atoms with van der Waals surface area (Å²) in [6, 6.07) is 10.9. The number of nitrogens with zero attached hydrogens (tertiary/aromatic N) is 1. The van der Waals surface area contributed by atoms with Gasteiger partial charge in [-0.25, -0.2) is 8.78 Å². The number of amides is 1. The van der Waals surface area contributed by atoms with Gasteiger partial charge in [0.25, 0.3) is 0 Å². The smallest absolute Gasteiger partial charge is 0.243 e. The molecular weight excluding hydrogens is 298 g/mol. The first-order valence-corrected chi connectivity index (χ1v) is 7.64. The molecule has 1 aliphatic rings. The van der Waals surface area contributed by atoms with Gasteiger partial charge in [-0.15, -0.1) is 0 Å². The van der Waals surface area contributed by atoms with Crippen LogP contribution in [0.4, 0.5) is 20.2 Å². The van der Waals surface area contributed by atoms with Gasteiger partial charge < -0.3 is 10.2 Å². The molecule has 3 rings (SSSR count). The summed E-state index contributed by atoms with van der Waals surface area (Å²) in [7, 11) is 0. The first-order valence-electron chi connectivity index (χ1n) is 7.64. The first kappa shape index (κ1) is 15.5. The summed E-state index contributed by atoms with van der Waals surface area (Å²) >= 11 is 0. The summed E-state index contributed by atoms with van der Waals surface area (Å²) in [5, 5.41) is 2.59. The van der Waals surface area contributed by atoms with E-state index in [2.05, 4.69) is 5.32 Å². The summed E-state index contributed by atoms with van der Waals surface area (Å²) in [5.74, 6) is -1.02. The van der Waals surface area contributed by atoms with E-state index in [9.17, 15) is 13.6 Å². The molecule has 0 saturated carbocycles. The van der Waals surface area contributed by atoms with Crippen LogP contribution >= 0.6 is 0 Å². The predicted molar refractivity (Wildman–Crippen MR) is 86.6 cm³/mol. The van der Waals surface area contributed by atoms with Gasteiger partial charge in [0.1, 0.15) is 11.6 Å². The largest absolute Gasteiger partial charge is 0.359 e. The Labute approximate surface area is 133 Å². The lowest BCUT2D eigenvalue weighted by Crippen LogP contribution is -2.42. The first-order chi connectivity index (χ1) is 11.0. The Morgan fingerprint density at radius 1 is 1.26 bits per heavy atom. The van der Waals surface area contributed by atoms with Gasteiger partial charge in [0, 0.05) is 11.7 Å². The molecule has 1 unspecified atom stereocenters. The highest BCUT2D eigenvalue weighted by Crippen LogP contribution is 2.31. The van der Waals surface area contributed by atoms with E-state index in [0.29, 0.717) is 0 Å². The normalized spacial score (nSPS) is 16.8. The van der Waals surface area contributed by atoms with Crippen LogP contribution in [0.5, 0.6) is 0 Å². The number of aryl methyl sites for hydroxylation is 1. The summed E-state index contributed by atoms with van der Waals surface area (Å²) in [6.07, 6.45) is 1.64. The SMILES string of the molecule is CC1CCc2cc(F)ccc2N1CC(=O)Nc1ccccc1F. The summed E-state index contributed by atoms with van der Waals surface area (Å²) < 4.78 is 27.0. The number of hydrogen-bond acceptors (Lipinski definition) is 2. The molecular formula is C18H18F2N2O. The molecule has 1 N–H and O–H groups in total. The van der Waals surface area contributed by atoms with Crippen molar-refractivity contribution in [2.24, 2.45) is 0 Å². The zero-order chi connectivity index (χ0) is 16.4. The van der Waals surface area contributed by atoms with E-state index in [1.165, 1.54) is 24.3 Å². The third-order valence-corrected chi connectivity index (χ3v) is 4.18. The zero-order valence-electron chi connectivity index (χ0n) is 12.9. The van der Waals surface area contributed by atoms with Crippen LogP contribution in [0.2, 0.25) is 0 Å². The van der Waals surface area contributed by atoms with Crippen LogP contribution < -0.4 is 10.2 Å². The van der Waals surface area contributed by atoms with Crippen LogP contribution in [0.25, 0.3) is 0 Å². The lowest BCUT2D eigenvalue weighted by atomic mass is 9.96. The molecule has 0 spiro atoms. The number of halogens is 2. The van der Waals surface area contributed by atoms with Crippen LogP contribution in [-0.2, 0) is 11.2 Å². The Morgan fingerprint density at radius 3 is 2.83 bits per heavy atom. The van der Waals surface area contributed by atoms with E-state index in [-0.39, 0.29) is 30.0 Å². The lowest BCUT2D eigenvalue weighted by Gasteiger charge is -2.36. The topological polar surface area (TPSA) is 32.3 Å². The van der Waals surface area contributed by atoms with Crippen molar-refractivity contribution >= 4 is 17.3 Å². The van der Waals surface area contributed by atoms with Gasteiger partial charge in [-0.2, -0.15) is 0 Å². The standard InChI is InChI=1S/C18H18F2N2O/c1-12-6-7-13-10-14(19)8-9-17(13)22(12)11-18(23)21-16-5-3-2-4-15(16)20/h2-5,8-10,12H,6-7,11H2,1H3,(H,21,23). The van der Waals surface area contributed by atoms with Gasteiger partial charge in [-0.3, -0.25) is 4.79 Å². The Morgan fingerprint density at radius 2 is 2.04 bits per heavy atom. The number of para-hydroxylation sites is 1. The van der Waals surface area contributed by atoms with Crippen molar-refractivity contribution in [3.05, 3.63) is 59.7 Å². The maximum Gasteiger partial charge on any atom is 0.243 e. The van der Waals surface area contributed by atoms with E-state index in [0.717, 1.165) is 24.1 Å². The molecule has 2 aromatic rings. The summed E-state index contributed by atoms with van der Waals surface area (Å²) in [4.78, 5) is 14.2. The second-order valence-electron chi connectivity index (χ2n) is 5.82. The Bertz CT molecular complexity index is 733. The van der Waals surface area contributed by atoms with Crippen molar-refractivity contribution < 1.29 is 13.6 Å². The maximum absolute atomic E-state index is 13.6. The Hall–Kier alpha value is -2.43. The quantitative estimate of drug-likeness (QED) is 0.935. The average Bonchev–Trinajstić information content (AvgIpc) is 2.52. The maximum atomic E-state index is 13.6. The summed E-state index contributed by atoms with van der Waals surface area (Å²) in [6.45, 7) is 2.14. The molecule has 0 aliphatic carbocycles. The molecule has 5 heteroatoms. The fourth-order valence-electron chi connectivity index (χ4n) is 2.94. The van der Waals surface area contributed by atoms with Gasteiger partial charge in [-0.05, 0) is 55.7 Å². The van der Waals surface area contributed by atoms with E-state index < -0.39 is 5.82 Å². The fourth-order valence-corrected chi connectivity index (χ4v) is 2.94. The number of hydrogen-bond donors (Lipinski definition) is 1. The molecule has 1 atom stereocenters. The highest BCUT2D eigenvalue weighted by molar-refractivity contribution is 5.94. The number of carbonyl (C=O) groups excluding carboxylic acids is 1. The number of fused-ring (bicyclic) bond motifs is 1. The minimum atomic E-state index is -0.463. The third-order valence-electron chi connectivity index (χ3n) is 4.18. The van der Waals surface area contributed by atoms with Crippen LogP contribution in [0.3, 0.4) is 0 Å². The second-order valence-corrected chi connectivity index (χ2v) is 5.82. The van der Waals surface area contributed by atoms with Crippen molar-refractivity contribution in [3.63, 3.8) is 0 Å². The van der Waals surface area contributed by atoms with Gasteiger partial charge in [0.05, 0.1) is 12.2 Å². The molecule has 0 fully saturated rings. The Kier molecular flexibility index (Phi) is 4.28. The lowest BCUT2D eigenvalue weighted by molar-refractivity contribution is -0.115. The Balaban J connectivity index is 1.77. The molecule has 0 radical (unpaired) electrons. The second kappa shape index (κ2) is 6.36. The molecule has 1 heterocycles. The molecule has 0 saturated heterocycles. The van der Waals surface area contributed by atoms with Gasteiger partial charge in [0.15, 0.2) is 0 Å². The van der Waals surface area contributed by atoms with Gasteiger partial charge in [-0.1, -0.05) is 12.1 Å². The van der Waals surface area contributed by atoms with Crippen LogP contribution in [0.15, 0.2) is 42.5 Å². The van der Waals surface area contributed by atoms with E-state index in [1.54, 1.807) is 18.2 Å². The molecule has 120 valence electrons. The highest BCUT2D eigenvalue weighted by atomic mass is 19.1. The van der Waals surface area contributed by atoms with Gasteiger partial charge in [0.2, 0.25) is 5.91 Å². The molecule has 1 aliphatic heterocycles. The number of rotatable bonds is 3. The average molecular weight is 316 g/mol. The van der Waals surface area contributed by atoms with Crippen molar-refractivity contribution in [2.75, 3.05) is 16.8 Å². The van der Waals surface area contributed by atoms with Crippen molar-refractivity contribution in [1.29, 1.82) is 0 Å². The zero-order valence-corrected chi connectivity index (χ0v) is 12.9. The van der Waals surface area contributed by atoms with Crippen LogP contribution in [-0.4, -0.2) is 18.5 Å². The molecule has 3 nitrogen and oxygen atoms in total. The van der Waals surface area contributed by atoms with E-state index in [1.807, 2.05) is 11.8 Å². The third kappa shape index (κ3) is 3.33. The van der Waals surface area contributed by atoms with Crippen LogP contribution in [0.1, 0.15) is 18.9 Å². The fraction of sp³-hybridized carbons (Fsp3) is 0.278. The number of nitrogens with one attached hydrogen (secondary N) is 1. The molecule has 0 bridgehead atoms. The van der Waals surface area contributed by atoms with Crippen LogP contribution in [0, 0.1) is 11.6 Å². The molecule has 2 aromatic carbocycles. The number of anilines is 2. The number of benzene rings is 2. The van der Waals surface area contributed by atoms with E-state index >= 15 is 0 Å². The molecule has 23 heavy (non-hydrogen) atoms. The monoisotopic (exact) mass is 316 g/mol. The number of carbonyl (C=O) groups is 1. The molecule has 1 amide bonds. The van der Waals surface area contributed by atoms with Crippen molar-refractivity contribution in [3.8, 4) is 0 Å². The summed E-state index contributed by atoms with van der Waals surface area (Å²) in [5.41, 5.74) is 1.94. The molecule has 0 aromatic heterocycles. The minimum Gasteiger partial charge on any atom is -0.359 e.